The van der Waals surface area contributed by atoms with Gasteiger partial charge in [-0.2, -0.15) is 0 Å². The van der Waals surface area contributed by atoms with Gasteiger partial charge in [0.05, 0.1) is 10.8 Å². The van der Waals surface area contributed by atoms with Gasteiger partial charge in [0.1, 0.15) is 5.60 Å². The first-order chi connectivity index (χ1) is 13.2. The molecule has 0 spiro atoms. The molecule has 0 aliphatic rings. The van der Waals surface area contributed by atoms with Crippen LogP contribution >= 0.6 is 0 Å². The van der Waals surface area contributed by atoms with Crippen molar-refractivity contribution >= 4 is 25.8 Å². The zero-order valence-electron chi connectivity index (χ0n) is 18.0. The average molecular weight is 425 g/mol. The summed E-state index contributed by atoms with van der Waals surface area (Å²) in [6.45, 7) is 11.7. The van der Waals surface area contributed by atoms with Crippen molar-refractivity contribution in [3.8, 4) is 0 Å². The molecule has 8 nitrogen and oxygen atoms in total. The molecule has 0 bridgehead atoms. The summed E-state index contributed by atoms with van der Waals surface area (Å²) in [6.07, 6.45) is 0.00181. The van der Waals surface area contributed by atoms with E-state index in [9.17, 15) is 24.8 Å². The average Bonchev–Trinajstić information content (AvgIpc) is 2.52. The number of nitrogens with one attached hydrogen (secondary N) is 1. The molecule has 1 aromatic rings. The van der Waals surface area contributed by atoms with Crippen molar-refractivity contribution in [3.63, 3.8) is 0 Å². The standard InChI is InChI=1S/C20H32N2O6Si/c1-20(2,3)28-19(25)21-17(16(18(23)24)11-12-29(4,5)6)13-14-7-9-15(10-8-14)22(26)27/h7-10,16-17H,11-13H2,1-6H3,(H,21,25)(H,23,24)/t16-,17?/m0/s1. The Morgan fingerprint density at radius 1 is 1.21 bits per heavy atom. The summed E-state index contributed by atoms with van der Waals surface area (Å²) < 4.78 is 5.31. The molecule has 2 atom stereocenters. The van der Waals surface area contributed by atoms with Crippen LogP contribution in [0.15, 0.2) is 24.3 Å². The largest absolute Gasteiger partial charge is 0.481 e. The number of benzene rings is 1. The SMILES string of the molecule is CC(C)(C)OC(=O)NC(Cc1ccc([N+](=O)[O-])cc1)[C@H](CC[Si](C)(C)C)C(=O)O. The van der Waals surface area contributed by atoms with Gasteiger partial charge in [0.15, 0.2) is 0 Å². The third-order valence-electron chi connectivity index (χ3n) is 4.31. The van der Waals surface area contributed by atoms with Crippen molar-refractivity contribution in [2.24, 2.45) is 5.92 Å². The molecule has 2 N–H and O–H groups in total. The highest BCUT2D eigenvalue weighted by molar-refractivity contribution is 6.76. The van der Waals surface area contributed by atoms with E-state index in [2.05, 4.69) is 25.0 Å². The zero-order valence-corrected chi connectivity index (χ0v) is 19.0. The highest BCUT2D eigenvalue weighted by Gasteiger charge is 2.32. The van der Waals surface area contributed by atoms with E-state index in [0.717, 1.165) is 6.04 Å². The maximum absolute atomic E-state index is 12.3. The molecule has 9 heteroatoms. The van der Waals surface area contributed by atoms with E-state index in [4.69, 9.17) is 4.74 Å². The minimum Gasteiger partial charge on any atom is -0.481 e. The summed E-state index contributed by atoms with van der Waals surface area (Å²) in [5.74, 6) is -1.77. The second-order valence-electron chi connectivity index (χ2n) is 9.42. The Bertz CT molecular complexity index is 722. The number of nitro groups is 1. The topological polar surface area (TPSA) is 119 Å². The number of carbonyl (C=O) groups is 2. The Balaban J connectivity index is 3.08. The molecule has 0 saturated heterocycles. The molecule has 0 fully saturated rings. The van der Waals surface area contributed by atoms with Gasteiger partial charge in [-0.15, -0.1) is 0 Å². The van der Waals surface area contributed by atoms with Gasteiger partial charge in [0.25, 0.3) is 5.69 Å². The number of ether oxygens (including phenoxy) is 1. The first kappa shape index (κ1) is 24.6. The maximum atomic E-state index is 12.3. The first-order valence-electron chi connectivity index (χ1n) is 9.63. The molecule has 0 saturated carbocycles. The van der Waals surface area contributed by atoms with Crippen LogP contribution in [-0.4, -0.2) is 41.8 Å². The Morgan fingerprint density at radius 3 is 2.17 bits per heavy atom. The van der Waals surface area contributed by atoms with Crippen molar-refractivity contribution in [2.45, 2.75) is 70.9 Å². The fourth-order valence-electron chi connectivity index (χ4n) is 2.85. The lowest BCUT2D eigenvalue weighted by molar-refractivity contribution is -0.384. The molecule has 0 heterocycles. The number of nitrogens with zero attached hydrogens (tertiary/aromatic N) is 1. The molecule has 0 aromatic heterocycles. The van der Waals surface area contributed by atoms with Crippen molar-refractivity contribution < 1.29 is 24.4 Å². The van der Waals surface area contributed by atoms with Crippen LogP contribution in [0, 0.1) is 16.0 Å². The molecule has 0 aliphatic heterocycles. The number of hydrogen-bond acceptors (Lipinski definition) is 5. The summed E-state index contributed by atoms with van der Waals surface area (Å²) >= 11 is 0. The second-order valence-corrected chi connectivity index (χ2v) is 15.0. The van der Waals surface area contributed by atoms with Crippen LogP contribution in [0.1, 0.15) is 32.8 Å². The lowest BCUT2D eigenvalue weighted by Gasteiger charge is -2.29. The number of aliphatic carboxylic acids is 1. The summed E-state index contributed by atoms with van der Waals surface area (Å²) in [5, 5.41) is 23.4. The van der Waals surface area contributed by atoms with Gasteiger partial charge in [-0.05, 0) is 39.2 Å². The number of hydrogen-bond donors (Lipinski definition) is 2. The Labute approximate surface area is 172 Å². The second kappa shape index (κ2) is 9.86. The number of carboxylic acid groups (broad SMARTS) is 1. The number of non-ortho nitro benzene ring substituents is 1. The normalized spacial score (nSPS) is 14.0. The highest BCUT2D eigenvalue weighted by Crippen LogP contribution is 2.23. The van der Waals surface area contributed by atoms with E-state index in [1.165, 1.54) is 12.1 Å². The minimum atomic E-state index is -1.48. The summed E-state index contributed by atoms with van der Waals surface area (Å²) in [6, 6.07) is 6.02. The first-order valence-corrected chi connectivity index (χ1v) is 13.3. The van der Waals surface area contributed by atoms with Gasteiger partial charge < -0.3 is 15.2 Å². The van der Waals surface area contributed by atoms with E-state index in [1.54, 1.807) is 32.9 Å². The predicted octanol–water partition coefficient (Wildman–Crippen LogP) is 4.46. The molecule has 1 amide bonds. The van der Waals surface area contributed by atoms with E-state index < -0.39 is 42.6 Å². The molecule has 29 heavy (non-hydrogen) atoms. The van der Waals surface area contributed by atoms with Gasteiger partial charge in [0.2, 0.25) is 0 Å². The molecule has 162 valence electrons. The van der Waals surface area contributed by atoms with E-state index in [0.29, 0.717) is 12.0 Å². The number of rotatable bonds is 9. The quantitative estimate of drug-likeness (QED) is 0.343. The highest BCUT2D eigenvalue weighted by atomic mass is 28.3. The van der Waals surface area contributed by atoms with E-state index in [-0.39, 0.29) is 12.1 Å². The Morgan fingerprint density at radius 2 is 1.76 bits per heavy atom. The number of carbonyl (C=O) groups excluding carboxylic acids is 1. The van der Waals surface area contributed by atoms with Crippen molar-refractivity contribution in [2.75, 3.05) is 0 Å². The number of alkyl carbamates (subject to hydrolysis) is 1. The van der Waals surface area contributed by atoms with Crippen LogP contribution in [0.4, 0.5) is 10.5 Å². The lowest BCUT2D eigenvalue weighted by Crippen LogP contribution is -2.47. The third-order valence-corrected chi connectivity index (χ3v) is 6.10. The zero-order chi connectivity index (χ0) is 22.4. The van der Waals surface area contributed by atoms with Gasteiger partial charge in [-0.1, -0.05) is 37.8 Å². The molecule has 1 rings (SSSR count). The number of carboxylic acids is 1. The molecule has 1 unspecified atom stereocenters. The number of amides is 1. The van der Waals surface area contributed by atoms with Crippen LogP contribution < -0.4 is 5.32 Å². The smallest absolute Gasteiger partial charge is 0.407 e. The Hall–Kier alpha value is -2.42. The molecular weight excluding hydrogens is 392 g/mol. The van der Waals surface area contributed by atoms with Crippen LogP contribution in [0.25, 0.3) is 0 Å². The fourth-order valence-corrected chi connectivity index (χ4v) is 4.02. The van der Waals surface area contributed by atoms with Gasteiger partial charge in [-0.25, -0.2) is 4.79 Å². The van der Waals surface area contributed by atoms with Crippen LogP contribution in [0.3, 0.4) is 0 Å². The molecular formula is C20H32N2O6Si. The Kier molecular flexibility index (Phi) is 8.37. The van der Waals surface area contributed by atoms with E-state index >= 15 is 0 Å². The van der Waals surface area contributed by atoms with Crippen molar-refractivity contribution in [1.82, 2.24) is 5.32 Å². The maximum Gasteiger partial charge on any atom is 0.407 e. The molecule has 1 aromatic carbocycles. The minimum absolute atomic E-state index is 0.0427. The van der Waals surface area contributed by atoms with Crippen molar-refractivity contribution in [1.29, 1.82) is 0 Å². The van der Waals surface area contributed by atoms with E-state index in [1.807, 2.05) is 0 Å². The van der Waals surface area contributed by atoms with Crippen LogP contribution in [0.5, 0.6) is 0 Å². The molecule has 0 aliphatic carbocycles. The summed E-state index contributed by atoms with van der Waals surface area (Å²) in [5.41, 5.74) is -0.0474. The summed E-state index contributed by atoms with van der Waals surface area (Å²) in [4.78, 5) is 34.7. The van der Waals surface area contributed by atoms with Gasteiger partial charge >= 0.3 is 12.1 Å². The van der Waals surface area contributed by atoms with Gasteiger partial charge in [0, 0.05) is 26.2 Å². The molecule has 0 radical (unpaired) electrons. The summed E-state index contributed by atoms with van der Waals surface area (Å²) in [7, 11) is -1.48. The number of nitro benzene ring substituents is 1. The fraction of sp³-hybridized carbons (Fsp3) is 0.600. The monoisotopic (exact) mass is 424 g/mol. The lowest BCUT2D eigenvalue weighted by atomic mass is 9.91. The predicted molar refractivity (Wildman–Crippen MR) is 114 cm³/mol. The van der Waals surface area contributed by atoms with Crippen molar-refractivity contribution in [3.05, 3.63) is 39.9 Å². The van der Waals surface area contributed by atoms with Crippen LogP contribution in [-0.2, 0) is 16.0 Å². The van der Waals surface area contributed by atoms with Gasteiger partial charge in [-0.3, -0.25) is 14.9 Å². The third kappa shape index (κ3) is 9.55. The van der Waals surface area contributed by atoms with Crippen LogP contribution in [0.2, 0.25) is 25.7 Å².